The van der Waals surface area contributed by atoms with E-state index in [0.717, 1.165) is 19.3 Å². The minimum absolute atomic E-state index is 0.0862. The Morgan fingerprint density at radius 2 is 2.26 bits per heavy atom. The van der Waals surface area contributed by atoms with Crippen molar-refractivity contribution < 1.29 is 14.1 Å². The minimum Gasteiger partial charge on any atom is -0.381 e. The maximum atomic E-state index is 13.5. The molecular weight excluding hydrogens is 366 g/mol. The SMILES string of the molecule is COC1CCC(Nc2cc(F)c(I)cc2[N+](=O)[O-])C1. The first-order valence-electron chi connectivity index (χ1n) is 5.94. The minimum atomic E-state index is -0.493. The molecule has 1 fully saturated rings. The fourth-order valence-electron chi connectivity index (χ4n) is 2.31. The Bertz CT molecular complexity index is 498. The van der Waals surface area contributed by atoms with Gasteiger partial charge >= 0.3 is 0 Å². The van der Waals surface area contributed by atoms with Crippen LogP contribution in [0.5, 0.6) is 0 Å². The van der Waals surface area contributed by atoms with Crippen molar-refractivity contribution in [2.24, 2.45) is 0 Å². The second-order valence-corrected chi connectivity index (χ2v) is 5.71. The van der Waals surface area contributed by atoms with E-state index in [1.165, 1.54) is 12.1 Å². The van der Waals surface area contributed by atoms with Gasteiger partial charge in [0.1, 0.15) is 11.5 Å². The lowest BCUT2D eigenvalue weighted by atomic mass is 10.2. The highest BCUT2D eigenvalue weighted by Crippen LogP contribution is 2.32. The molecule has 1 N–H and O–H groups in total. The number of nitrogens with zero attached hydrogens (tertiary/aromatic N) is 1. The third kappa shape index (κ3) is 3.33. The summed E-state index contributed by atoms with van der Waals surface area (Å²) in [6.07, 6.45) is 2.73. The van der Waals surface area contributed by atoms with E-state index >= 15 is 0 Å². The summed E-state index contributed by atoms with van der Waals surface area (Å²) in [5.41, 5.74) is 0.149. The molecular formula is C12H14FIN2O3. The Hall–Kier alpha value is -0.960. The lowest BCUT2D eigenvalue weighted by molar-refractivity contribution is -0.384. The van der Waals surface area contributed by atoms with Gasteiger partial charge in [0.15, 0.2) is 0 Å². The summed E-state index contributed by atoms with van der Waals surface area (Å²) in [4.78, 5) is 10.5. The number of nitro groups is 1. The standard InChI is InChI=1S/C12H14FIN2O3/c1-19-8-3-2-7(4-8)15-11-5-9(13)10(14)6-12(11)16(17)18/h5-8,15H,2-4H2,1H3. The van der Waals surface area contributed by atoms with Crippen molar-refractivity contribution in [3.63, 3.8) is 0 Å². The van der Waals surface area contributed by atoms with Crippen molar-refractivity contribution >= 4 is 34.0 Å². The van der Waals surface area contributed by atoms with Gasteiger partial charge in [-0.1, -0.05) is 0 Å². The number of nitrogens with one attached hydrogen (secondary N) is 1. The summed E-state index contributed by atoms with van der Waals surface area (Å²) in [5.74, 6) is -0.449. The van der Waals surface area contributed by atoms with E-state index in [2.05, 4.69) is 5.32 Å². The van der Waals surface area contributed by atoms with Gasteiger partial charge in [-0.3, -0.25) is 10.1 Å². The molecule has 19 heavy (non-hydrogen) atoms. The lowest BCUT2D eigenvalue weighted by Gasteiger charge is -2.14. The monoisotopic (exact) mass is 380 g/mol. The number of halogens is 2. The summed E-state index contributed by atoms with van der Waals surface area (Å²) < 4.78 is 19.0. The Morgan fingerprint density at radius 3 is 2.84 bits per heavy atom. The van der Waals surface area contributed by atoms with E-state index in [1.54, 1.807) is 29.7 Å². The molecule has 0 aromatic heterocycles. The van der Waals surface area contributed by atoms with Crippen LogP contribution < -0.4 is 5.32 Å². The number of ether oxygens (including phenoxy) is 1. The van der Waals surface area contributed by atoms with Crippen LogP contribution in [-0.2, 0) is 4.74 Å². The zero-order valence-electron chi connectivity index (χ0n) is 10.4. The van der Waals surface area contributed by atoms with E-state index in [4.69, 9.17) is 4.74 Å². The number of anilines is 1. The van der Waals surface area contributed by atoms with Crippen molar-refractivity contribution in [2.75, 3.05) is 12.4 Å². The number of nitro benzene ring substituents is 1. The number of methoxy groups -OCH3 is 1. The van der Waals surface area contributed by atoms with Crippen LogP contribution in [0.3, 0.4) is 0 Å². The topological polar surface area (TPSA) is 64.4 Å². The molecule has 104 valence electrons. The van der Waals surface area contributed by atoms with E-state index in [0.29, 0.717) is 0 Å². The van der Waals surface area contributed by atoms with Crippen LogP contribution >= 0.6 is 22.6 Å². The van der Waals surface area contributed by atoms with E-state index in [-0.39, 0.29) is 27.1 Å². The molecule has 0 saturated heterocycles. The van der Waals surface area contributed by atoms with Crippen molar-refractivity contribution in [3.8, 4) is 0 Å². The van der Waals surface area contributed by atoms with Gasteiger partial charge in [-0.25, -0.2) is 4.39 Å². The van der Waals surface area contributed by atoms with Crippen LogP contribution in [0.4, 0.5) is 15.8 Å². The van der Waals surface area contributed by atoms with Gasteiger partial charge in [-0.15, -0.1) is 0 Å². The maximum absolute atomic E-state index is 13.5. The Kier molecular flexibility index (Phi) is 4.56. The van der Waals surface area contributed by atoms with Crippen LogP contribution in [-0.4, -0.2) is 24.2 Å². The van der Waals surface area contributed by atoms with Crippen LogP contribution in [0.15, 0.2) is 12.1 Å². The zero-order chi connectivity index (χ0) is 14.0. The average molecular weight is 380 g/mol. The number of hydrogen-bond acceptors (Lipinski definition) is 4. The second-order valence-electron chi connectivity index (χ2n) is 4.55. The fraction of sp³-hybridized carbons (Fsp3) is 0.500. The van der Waals surface area contributed by atoms with Gasteiger partial charge in [0.2, 0.25) is 0 Å². The molecule has 0 radical (unpaired) electrons. The largest absolute Gasteiger partial charge is 0.381 e. The first-order valence-corrected chi connectivity index (χ1v) is 7.02. The van der Waals surface area contributed by atoms with E-state index in [1.807, 2.05) is 0 Å². The molecule has 2 atom stereocenters. The van der Waals surface area contributed by atoms with E-state index < -0.39 is 10.7 Å². The predicted molar refractivity (Wildman–Crippen MR) is 77.8 cm³/mol. The molecule has 1 aliphatic rings. The lowest BCUT2D eigenvalue weighted by Crippen LogP contribution is -2.18. The first-order chi connectivity index (χ1) is 9.01. The van der Waals surface area contributed by atoms with Gasteiger partial charge in [0.05, 0.1) is 14.6 Å². The molecule has 0 spiro atoms. The van der Waals surface area contributed by atoms with Crippen molar-refractivity contribution in [1.29, 1.82) is 0 Å². The second kappa shape index (κ2) is 6.00. The van der Waals surface area contributed by atoms with Crippen molar-refractivity contribution in [2.45, 2.75) is 31.4 Å². The molecule has 0 heterocycles. The number of benzene rings is 1. The van der Waals surface area contributed by atoms with Crippen LogP contribution in [0.25, 0.3) is 0 Å². The van der Waals surface area contributed by atoms with Gasteiger partial charge in [-0.2, -0.15) is 0 Å². The number of hydrogen-bond donors (Lipinski definition) is 1. The smallest absolute Gasteiger partial charge is 0.293 e. The quantitative estimate of drug-likeness (QED) is 0.495. The third-order valence-electron chi connectivity index (χ3n) is 3.31. The predicted octanol–water partition coefficient (Wildman–Crippen LogP) is 3.32. The molecule has 1 aliphatic carbocycles. The molecule has 2 rings (SSSR count). The molecule has 1 saturated carbocycles. The van der Waals surface area contributed by atoms with Crippen LogP contribution in [0.2, 0.25) is 0 Å². The molecule has 1 aromatic rings. The third-order valence-corrected chi connectivity index (χ3v) is 4.14. The molecule has 0 amide bonds. The number of rotatable bonds is 4. The summed E-state index contributed by atoms with van der Waals surface area (Å²) in [6, 6.07) is 2.53. The summed E-state index contributed by atoms with van der Waals surface area (Å²) in [7, 11) is 1.65. The normalized spacial score (nSPS) is 22.5. The van der Waals surface area contributed by atoms with Crippen molar-refractivity contribution in [3.05, 3.63) is 31.6 Å². The highest BCUT2D eigenvalue weighted by atomic mass is 127. The first kappa shape index (κ1) is 14.4. The van der Waals surface area contributed by atoms with Crippen molar-refractivity contribution in [1.82, 2.24) is 0 Å². The Labute approximate surface area is 123 Å². The Morgan fingerprint density at radius 1 is 1.53 bits per heavy atom. The van der Waals surface area contributed by atoms with Gasteiger partial charge in [0.25, 0.3) is 5.69 Å². The summed E-state index contributed by atoms with van der Waals surface area (Å²) >= 11 is 1.75. The van der Waals surface area contributed by atoms with Crippen LogP contribution in [0, 0.1) is 19.5 Å². The molecule has 0 aliphatic heterocycles. The van der Waals surface area contributed by atoms with E-state index in [9.17, 15) is 14.5 Å². The summed E-state index contributed by atoms with van der Waals surface area (Å²) in [5, 5.41) is 14.1. The van der Waals surface area contributed by atoms with Crippen LogP contribution in [0.1, 0.15) is 19.3 Å². The highest BCUT2D eigenvalue weighted by Gasteiger charge is 2.27. The zero-order valence-corrected chi connectivity index (χ0v) is 12.5. The molecule has 0 bridgehead atoms. The molecule has 7 heteroatoms. The molecule has 1 aromatic carbocycles. The van der Waals surface area contributed by atoms with Gasteiger partial charge in [0, 0.05) is 25.3 Å². The highest BCUT2D eigenvalue weighted by molar-refractivity contribution is 14.1. The fourth-order valence-corrected chi connectivity index (χ4v) is 2.76. The maximum Gasteiger partial charge on any atom is 0.293 e. The Balaban J connectivity index is 2.20. The average Bonchev–Trinajstić information content (AvgIpc) is 2.81. The summed E-state index contributed by atoms with van der Waals surface area (Å²) in [6.45, 7) is 0. The molecule has 2 unspecified atom stereocenters. The molecule has 5 nitrogen and oxygen atoms in total. The van der Waals surface area contributed by atoms with Gasteiger partial charge in [-0.05, 0) is 41.9 Å². The van der Waals surface area contributed by atoms with Gasteiger partial charge < -0.3 is 10.1 Å².